The van der Waals surface area contributed by atoms with Crippen LogP contribution in [0.5, 0.6) is 11.5 Å². The van der Waals surface area contributed by atoms with E-state index < -0.39 is 5.82 Å². The molecular formula is C111H89Cl3F2N12O8S6. The predicted octanol–water partition coefficient (Wildman–Crippen LogP) is 28.8. The van der Waals surface area contributed by atoms with Gasteiger partial charge in [-0.2, -0.15) is 0 Å². The van der Waals surface area contributed by atoms with Gasteiger partial charge in [0.25, 0.3) is 0 Å². The van der Waals surface area contributed by atoms with Crippen molar-refractivity contribution in [3.63, 3.8) is 0 Å². The highest BCUT2D eigenvalue weighted by Gasteiger charge is 2.21. The first kappa shape index (κ1) is 101. The fourth-order valence-electron chi connectivity index (χ4n) is 14.5. The highest BCUT2D eigenvalue weighted by molar-refractivity contribution is 7.16. The van der Waals surface area contributed by atoms with E-state index in [0.29, 0.717) is 58.4 Å². The molecule has 712 valence electrons. The van der Waals surface area contributed by atoms with Crippen LogP contribution >= 0.6 is 103 Å². The van der Waals surface area contributed by atoms with E-state index in [4.69, 9.17) is 44.3 Å². The topological polar surface area (TPSA) is 270 Å². The molecule has 19 aromatic rings. The summed E-state index contributed by atoms with van der Waals surface area (Å²) in [7, 11) is 0. The number of anilines is 6. The van der Waals surface area contributed by atoms with Crippen molar-refractivity contribution in [2.24, 2.45) is 0 Å². The number of ether oxygens (including phenoxy) is 2. The molecule has 0 radical (unpaired) electrons. The second kappa shape index (κ2) is 51.8. The number of carbonyl (C=O) groups excluding carboxylic acids is 6. The maximum absolute atomic E-state index is 13.1. The lowest BCUT2D eigenvalue weighted by molar-refractivity contribution is -0.117. The first-order valence-corrected chi connectivity index (χ1v) is 50.9. The summed E-state index contributed by atoms with van der Waals surface area (Å²) < 4.78 is 36.7. The van der Waals surface area contributed by atoms with Gasteiger partial charge in [0.1, 0.15) is 11.6 Å². The van der Waals surface area contributed by atoms with Crippen LogP contribution in [0.15, 0.2) is 367 Å². The average Bonchev–Trinajstić information content (AvgIpc) is 1.71. The molecule has 1 atom stereocenters. The van der Waals surface area contributed by atoms with Gasteiger partial charge in [-0.15, -0.1) is 68.0 Å². The minimum atomic E-state index is -0.417. The van der Waals surface area contributed by atoms with Crippen molar-refractivity contribution in [3.8, 4) is 78.3 Å². The van der Waals surface area contributed by atoms with Gasteiger partial charge in [-0.05, 0) is 275 Å². The van der Waals surface area contributed by atoms with Gasteiger partial charge in [-0.25, -0.2) is 8.78 Å². The summed E-state index contributed by atoms with van der Waals surface area (Å²) >= 11 is 27.2. The molecule has 13 heterocycles. The molecule has 12 aromatic heterocycles. The fraction of sp³-hybridized carbons (Fsp3) is 0.0991. The minimum absolute atomic E-state index is 0.0427. The van der Waals surface area contributed by atoms with Gasteiger partial charge in [-0.1, -0.05) is 151 Å². The Morgan fingerprint density at radius 3 is 1.07 bits per heavy atom. The zero-order valence-electron chi connectivity index (χ0n) is 75.9. The van der Waals surface area contributed by atoms with Crippen LogP contribution in [0, 0.1) is 11.6 Å². The molecule has 1 aliphatic heterocycles. The molecule has 1 aliphatic rings. The van der Waals surface area contributed by atoms with Crippen molar-refractivity contribution in [2.45, 2.75) is 64.2 Å². The number of hydrogen-bond donors (Lipinski definition) is 6. The molecule has 6 amide bonds. The Morgan fingerprint density at radius 1 is 0.310 bits per heavy atom. The maximum Gasteiger partial charge on any atom is 0.231 e. The summed E-state index contributed by atoms with van der Waals surface area (Å²) in [5.41, 5.74) is 18.2. The van der Waals surface area contributed by atoms with Gasteiger partial charge < -0.3 is 41.4 Å². The fourth-order valence-corrected chi connectivity index (χ4v) is 20.1. The summed E-state index contributed by atoms with van der Waals surface area (Å²) in [6.07, 6.45) is 24.1. The third-order valence-corrected chi connectivity index (χ3v) is 27.9. The van der Waals surface area contributed by atoms with E-state index in [2.05, 4.69) is 117 Å². The van der Waals surface area contributed by atoms with Crippen molar-refractivity contribution in [2.75, 3.05) is 38.7 Å². The van der Waals surface area contributed by atoms with Crippen LogP contribution in [0.4, 0.5) is 38.8 Å². The van der Waals surface area contributed by atoms with Crippen LogP contribution in [-0.2, 0) is 60.9 Å². The van der Waals surface area contributed by atoms with E-state index >= 15 is 0 Å². The quantitative estimate of drug-likeness (QED) is 0.0280. The molecule has 142 heavy (non-hydrogen) atoms. The molecule has 1 unspecified atom stereocenters. The van der Waals surface area contributed by atoms with E-state index in [0.717, 1.165) is 114 Å². The number of halogens is 5. The summed E-state index contributed by atoms with van der Waals surface area (Å²) in [5, 5.41) is 38.3. The first-order valence-electron chi connectivity index (χ1n) is 44.5. The number of fused-ring (bicyclic) bond motifs is 2. The van der Waals surface area contributed by atoms with Crippen LogP contribution in [0.3, 0.4) is 0 Å². The number of pyridine rings is 6. The van der Waals surface area contributed by atoms with Crippen LogP contribution in [-0.4, -0.2) is 72.1 Å². The molecular weight excluding hydrogens is 1970 g/mol. The number of nitrogens with zero attached hydrogens (tertiary/aromatic N) is 6. The lowest BCUT2D eigenvalue weighted by Crippen LogP contribution is -2.13. The Labute approximate surface area is 857 Å². The summed E-state index contributed by atoms with van der Waals surface area (Å²) in [6, 6.07) is 80.9. The van der Waals surface area contributed by atoms with E-state index in [1.807, 2.05) is 191 Å². The summed E-state index contributed by atoms with van der Waals surface area (Å²) in [6.45, 7) is 2.25. The van der Waals surface area contributed by atoms with Crippen molar-refractivity contribution >= 4 is 179 Å². The largest absolute Gasteiger partial charge is 0.454 e. The molecule has 7 aromatic carbocycles. The zero-order valence-corrected chi connectivity index (χ0v) is 83.1. The van der Waals surface area contributed by atoms with Gasteiger partial charge in [0.2, 0.25) is 42.2 Å². The Kier molecular flexibility index (Phi) is 37.0. The number of rotatable bonds is 27. The van der Waals surface area contributed by atoms with Crippen molar-refractivity contribution < 1.29 is 47.0 Å². The lowest BCUT2D eigenvalue weighted by Gasteiger charge is -2.11. The predicted molar refractivity (Wildman–Crippen MR) is 575 cm³/mol. The second-order valence-electron chi connectivity index (χ2n) is 31.8. The smallest absolute Gasteiger partial charge is 0.231 e. The third kappa shape index (κ3) is 30.8. The Hall–Kier alpha value is -15.0. The molecule has 20 rings (SSSR count). The van der Waals surface area contributed by atoms with Crippen molar-refractivity contribution in [1.82, 2.24) is 29.9 Å². The summed E-state index contributed by atoms with van der Waals surface area (Å²) in [5.74, 6) is 0.348. The number of hydrogen-bond acceptors (Lipinski definition) is 20. The normalized spacial score (nSPS) is 11.1. The standard InChI is InChI=1S/C22H18N2OS.C19H18N2OS.C18H13ClN2O3S.C18H15FN2OS.C17H12ClFN2OS.C17H13ClN2OS/c25-21(9-8-18-6-3-5-17-4-1-2-7-20(17)18)24-22-14-19(15-26-22)16-10-12-23-13-11-16;1-14(15-5-3-2-4-6-15)11-18(22)21-19-12-17(13-23-19)16-7-9-20-10-8-16;19-14-8-16-15(23-10-24-16)5-12(14)6-17(22)21-18-7-13(9-25-18)11-1-3-20-4-2-11;19-16-3-1-2-13(10-16)4-5-17(22)21-18-11-15(12-23-18)14-6-8-20-9-7-14;18-15-9-14(19)2-1-12(15)7-16(22)21-17-8-13(10-23-17)11-3-5-20-6-4-11;18-15-4-2-1-3-13(15)9-16(21)20-17-10-14(11-22-17)12-5-7-19-8-6-12/h1-7,10-15H,8-9H2,(H,24,25);2-10,12-14H,11H2,1H3,(H,21,22);1-5,7-9H,6,10H2,(H,21,22);1-3,6-12H,4-5H2,(H,21,22);1-6,8-10H,7H2,(H,21,22);1-8,10-11H,9H2,(H,20,21). The molecule has 0 bridgehead atoms. The molecule has 0 fully saturated rings. The Bertz CT molecular complexity index is 7410. The van der Waals surface area contributed by atoms with E-state index in [9.17, 15) is 37.5 Å². The zero-order chi connectivity index (χ0) is 98.7. The number of thiophene rings is 6. The maximum atomic E-state index is 13.1. The molecule has 6 N–H and O–H groups in total. The van der Waals surface area contributed by atoms with Crippen LogP contribution in [0.1, 0.15) is 65.5 Å². The molecule has 0 saturated heterocycles. The highest BCUT2D eigenvalue weighted by atomic mass is 35.5. The van der Waals surface area contributed by atoms with Gasteiger partial charge in [0.15, 0.2) is 11.5 Å². The molecule has 0 aliphatic carbocycles. The van der Waals surface area contributed by atoms with E-state index in [1.54, 1.807) is 121 Å². The summed E-state index contributed by atoms with van der Waals surface area (Å²) in [4.78, 5) is 97.2. The van der Waals surface area contributed by atoms with E-state index in [1.165, 1.54) is 97.6 Å². The number of amides is 6. The lowest BCUT2D eigenvalue weighted by atomic mass is 9.98. The molecule has 20 nitrogen and oxygen atoms in total. The van der Waals surface area contributed by atoms with Crippen LogP contribution in [0.25, 0.3) is 77.5 Å². The number of nitrogens with one attached hydrogen (secondary N) is 6. The van der Waals surface area contributed by atoms with Gasteiger partial charge in [0.05, 0.1) is 49.3 Å². The number of benzene rings is 7. The van der Waals surface area contributed by atoms with Gasteiger partial charge in [-0.3, -0.25) is 58.7 Å². The molecule has 31 heteroatoms. The third-order valence-electron chi connectivity index (χ3n) is 21.7. The SMILES string of the molecule is CC(CC(=O)Nc1cc(-c2ccncc2)cs1)c1ccccc1.O=C(CCc1cccc(F)c1)Nc1cc(-c2ccncc2)cs1.O=C(CCc1cccc2ccccc12)Nc1cc(-c2ccncc2)cs1.O=C(Cc1cc2c(cc1Cl)OCO2)Nc1cc(-c2ccncc2)cs1.O=C(Cc1ccc(F)cc1Cl)Nc1cc(-c2ccncc2)cs1.O=C(Cc1ccccc1Cl)Nc1cc(-c2ccncc2)cs1. The second-order valence-corrected chi connectivity index (χ2v) is 38.5. The average molecular weight is 2060 g/mol. The minimum Gasteiger partial charge on any atom is -0.454 e. The number of carbonyl (C=O) groups is 6. The van der Waals surface area contributed by atoms with Crippen LogP contribution in [0.2, 0.25) is 15.1 Å². The van der Waals surface area contributed by atoms with Gasteiger partial charge in [0, 0.05) is 147 Å². The van der Waals surface area contributed by atoms with Crippen LogP contribution < -0.4 is 41.4 Å². The molecule has 0 spiro atoms. The highest BCUT2D eigenvalue weighted by Crippen LogP contribution is 2.40. The Balaban J connectivity index is 0.000000129. The van der Waals surface area contributed by atoms with Gasteiger partial charge >= 0.3 is 0 Å². The first-order chi connectivity index (χ1) is 69.2. The number of aromatic nitrogens is 6. The van der Waals surface area contributed by atoms with E-state index in [-0.39, 0.29) is 78.3 Å². The monoisotopic (exact) mass is 2050 g/mol. The molecule has 0 saturated carbocycles. The Morgan fingerprint density at radius 2 is 0.648 bits per heavy atom. The number of aryl methyl sites for hydroxylation is 2. The van der Waals surface area contributed by atoms with Crippen molar-refractivity contribution in [3.05, 3.63) is 428 Å². The van der Waals surface area contributed by atoms with Crippen molar-refractivity contribution in [1.29, 1.82) is 0 Å².